The zero-order chi connectivity index (χ0) is 11.8. The molecule has 0 aliphatic heterocycles. The van der Waals surface area contributed by atoms with E-state index in [1.807, 2.05) is 24.3 Å². The molecular weight excluding hydrogens is 200 g/mol. The van der Waals surface area contributed by atoms with Crippen LogP contribution in [0.3, 0.4) is 0 Å². The Labute approximate surface area is 97.0 Å². The molecule has 0 fully saturated rings. The highest BCUT2D eigenvalue weighted by molar-refractivity contribution is 5.38. The Bertz CT molecular complexity index is 357. The highest BCUT2D eigenvalue weighted by atomic mass is 16.5. The summed E-state index contributed by atoms with van der Waals surface area (Å²) in [4.78, 5) is 0. The number of para-hydroxylation sites is 1. The maximum absolute atomic E-state index is 9.13. The smallest absolute Gasteiger partial charge is 0.124 e. The van der Waals surface area contributed by atoms with Gasteiger partial charge in [0.25, 0.3) is 0 Å². The van der Waals surface area contributed by atoms with Crippen LogP contribution in [0.15, 0.2) is 24.3 Å². The lowest BCUT2D eigenvalue weighted by Gasteiger charge is -2.14. The van der Waals surface area contributed by atoms with Crippen LogP contribution in [0, 0.1) is 11.3 Å². The van der Waals surface area contributed by atoms with Crippen molar-refractivity contribution in [3.05, 3.63) is 29.8 Å². The minimum Gasteiger partial charge on any atom is -0.496 e. The fourth-order valence-electron chi connectivity index (χ4n) is 1.55. The lowest BCUT2D eigenvalue weighted by atomic mass is 10.1. The number of nitrogens with zero attached hydrogens (tertiary/aromatic N) is 1. The molecule has 86 valence electrons. The summed E-state index contributed by atoms with van der Waals surface area (Å²) in [6.07, 6.45) is 2.20. The lowest BCUT2D eigenvalue weighted by molar-refractivity contribution is 0.405. The Kier molecular flexibility index (Phi) is 5.38. The maximum atomic E-state index is 9.13. The van der Waals surface area contributed by atoms with E-state index in [9.17, 15) is 0 Å². The third kappa shape index (κ3) is 3.25. The average molecular weight is 218 g/mol. The molecule has 0 bridgehead atoms. The number of ether oxygens (including phenoxy) is 1. The molecule has 1 aromatic rings. The van der Waals surface area contributed by atoms with Crippen LogP contribution in [0.4, 0.5) is 0 Å². The van der Waals surface area contributed by atoms with Crippen LogP contribution in [0.25, 0.3) is 0 Å². The first-order valence-electron chi connectivity index (χ1n) is 5.59. The van der Waals surface area contributed by atoms with E-state index in [2.05, 4.69) is 18.3 Å². The number of nitriles is 1. The summed E-state index contributed by atoms with van der Waals surface area (Å²) in [6, 6.07) is 9.60. The van der Waals surface area contributed by atoms with Crippen molar-refractivity contribution in [2.75, 3.05) is 13.7 Å². The van der Waals surface area contributed by atoms with Crippen LogP contribution < -0.4 is 10.1 Å². The molecule has 0 aliphatic carbocycles. The highest BCUT2D eigenvalue weighted by Crippen LogP contribution is 2.24. The number of rotatable bonds is 6. The van der Waals surface area contributed by atoms with E-state index in [4.69, 9.17) is 10.00 Å². The van der Waals surface area contributed by atoms with E-state index in [0.29, 0.717) is 0 Å². The van der Waals surface area contributed by atoms with Crippen LogP contribution in [-0.2, 0) is 0 Å². The van der Waals surface area contributed by atoms with Crippen molar-refractivity contribution in [3.63, 3.8) is 0 Å². The summed E-state index contributed by atoms with van der Waals surface area (Å²) in [5, 5.41) is 12.4. The highest BCUT2D eigenvalue weighted by Gasteiger charge is 2.13. The summed E-state index contributed by atoms with van der Waals surface area (Å²) >= 11 is 0. The maximum Gasteiger partial charge on any atom is 0.124 e. The summed E-state index contributed by atoms with van der Waals surface area (Å²) < 4.78 is 5.24. The minimum absolute atomic E-state index is 0.289. The first-order valence-corrected chi connectivity index (χ1v) is 5.59. The molecule has 1 rings (SSSR count). The molecule has 16 heavy (non-hydrogen) atoms. The third-order valence-electron chi connectivity index (χ3n) is 2.46. The number of methoxy groups -OCH3 is 1. The Balaban J connectivity index is 2.75. The Morgan fingerprint density at radius 2 is 2.19 bits per heavy atom. The molecule has 0 heterocycles. The number of hydrogen-bond acceptors (Lipinski definition) is 3. The monoisotopic (exact) mass is 218 g/mol. The number of hydrogen-bond donors (Lipinski definition) is 1. The first-order chi connectivity index (χ1) is 7.83. The van der Waals surface area contributed by atoms with E-state index < -0.39 is 0 Å². The second-order valence-corrected chi connectivity index (χ2v) is 3.61. The molecule has 1 aromatic carbocycles. The normalized spacial score (nSPS) is 11.8. The predicted octanol–water partition coefficient (Wildman–Crippen LogP) is 2.65. The topological polar surface area (TPSA) is 45.0 Å². The molecule has 1 unspecified atom stereocenters. The Morgan fingerprint density at radius 1 is 1.44 bits per heavy atom. The van der Waals surface area contributed by atoms with Gasteiger partial charge in [0, 0.05) is 5.56 Å². The Morgan fingerprint density at radius 3 is 2.81 bits per heavy atom. The molecule has 0 aromatic heterocycles. The van der Waals surface area contributed by atoms with Gasteiger partial charge in [0.15, 0.2) is 0 Å². The van der Waals surface area contributed by atoms with Gasteiger partial charge in [-0.25, -0.2) is 0 Å². The third-order valence-corrected chi connectivity index (χ3v) is 2.46. The molecular formula is C13H18N2O. The van der Waals surface area contributed by atoms with Crippen molar-refractivity contribution in [1.82, 2.24) is 5.32 Å². The van der Waals surface area contributed by atoms with Gasteiger partial charge in [0.1, 0.15) is 11.8 Å². The summed E-state index contributed by atoms with van der Waals surface area (Å²) in [5.74, 6) is 0.762. The van der Waals surface area contributed by atoms with E-state index in [1.54, 1.807) is 7.11 Å². The summed E-state index contributed by atoms with van der Waals surface area (Å²) in [7, 11) is 1.62. The fraction of sp³-hybridized carbons (Fsp3) is 0.462. The van der Waals surface area contributed by atoms with Crippen molar-refractivity contribution in [3.8, 4) is 11.8 Å². The van der Waals surface area contributed by atoms with Gasteiger partial charge in [-0.3, -0.25) is 5.32 Å². The van der Waals surface area contributed by atoms with Gasteiger partial charge in [0.2, 0.25) is 0 Å². The van der Waals surface area contributed by atoms with Crippen molar-refractivity contribution in [2.45, 2.75) is 25.8 Å². The standard InChI is InChI=1S/C13H18N2O/c1-3-4-9-15-12(10-14)11-7-5-6-8-13(11)16-2/h5-8,12,15H,3-4,9H2,1-2H3. The summed E-state index contributed by atoms with van der Waals surface area (Å²) in [6.45, 7) is 2.99. The van der Waals surface area contributed by atoms with Crippen LogP contribution in [0.1, 0.15) is 31.4 Å². The van der Waals surface area contributed by atoms with Gasteiger partial charge >= 0.3 is 0 Å². The first kappa shape index (κ1) is 12.5. The van der Waals surface area contributed by atoms with Crippen molar-refractivity contribution in [2.24, 2.45) is 0 Å². The van der Waals surface area contributed by atoms with Gasteiger partial charge in [0.05, 0.1) is 13.2 Å². The largest absolute Gasteiger partial charge is 0.496 e. The molecule has 0 radical (unpaired) electrons. The van der Waals surface area contributed by atoms with Gasteiger partial charge < -0.3 is 4.74 Å². The minimum atomic E-state index is -0.289. The zero-order valence-corrected chi connectivity index (χ0v) is 9.86. The lowest BCUT2D eigenvalue weighted by Crippen LogP contribution is -2.21. The van der Waals surface area contributed by atoms with Crippen molar-refractivity contribution >= 4 is 0 Å². The van der Waals surface area contributed by atoms with Gasteiger partial charge in [-0.05, 0) is 19.0 Å². The second kappa shape index (κ2) is 6.86. The molecule has 1 N–H and O–H groups in total. The van der Waals surface area contributed by atoms with E-state index >= 15 is 0 Å². The number of nitrogens with one attached hydrogen (secondary N) is 1. The molecule has 0 amide bonds. The van der Waals surface area contributed by atoms with Crippen LogP contribution in [0.2, 0.25) is 0 Å². The molecule has 3 heteroatoms. The molecule has 1 atom stereocenters. The Hall–Kier alpha value is -1.53. The van der Waals surface area contributed by atoms with E-state index in [-0.39, 0.29) is 6.04 Å². The molecule has 3 nitrogen and oxygen atoms in total. The SMILES string of the molecule is CCCCNC(C#N)c1ccccc1OC. The van der Waals surface area contributed by atoms with Crippen LogP contribution >= 0.6 is 0 Å². The fourth-order valence-corrected chi connectivity index (χ4v) is 1.55. The van der Waals surface area contributed by atoms with E-state index in [0.717, 1.165) is 30.7 Å². The molecule has 0 saturated heterocycles. The van der Waals surface area contributed by atoms with Gasteiger partial charge in [-0.2, -0.15) is 5.26 Å². The van der Waals surface area contributed by atoms with Crippen molar-refractivity contribution in [1.29, 1.82) is 5.26 Å². The van der Waals surface area contributed by atoms with Gasteiger partial charge in [-0.15, -0.1) is 0 Å². The number of unbranched alkanes of at least 4 members (excludes halogenated alkanes) is 1. The number of benzene rings is 1. The van der Waals surface area contributed by atoms with Gasteiger partial charge in [-0.1, -0.05) is 31.5 Å². The second-order valence-electron chi connectivity index (χ2n) is 3.61. The van der Waals surface area contributed by atoms with E-state index in [1.165, 1.54) is 0 Å². The van der Waals surface area contributed by atoms with Crippen LogP contribution in [-0.4, -0.2) is 13.7 Å². The van der Waals surface area contributed by atoms with Crippen molar-refractivity contribution < 1.29 is 4.74 Å². The molecule has 0 aliphatic rings. The quantitative estimate of drug-likeness (QED) is 0.746. The predicted molar refractivity (Wildman–Crippen MR) is 64.3 cm³/mol. The van der Waals surface area contributed by atoms with Crippen LogP contribution in [0.5, 0.6) is 5.75 Å². The molecule has 0 saturated carbocycles. The summed E-state index contributed by atoms with van der Waals surface area (Å²) in [5.41, 5.74) is 0.906. The zero-order valence-electron chi connectivity index (χ0n) is 9.86. The molecule has 0 spiro atoms. The average Bonchev–Trinajstić information content (AvgIpc) is 2.35.